The largest absolute Gasteiger partial charge is 0.477 e. The summed E-state index contributed by atoms with van der Waals surface area (Å²) in [4.78, 5) is 21.8. The van der Waals surface area contributed by atoms with E-state index in [1.165, 1.54) is 0 Å². The van der Waals surface area contributed by atoms with Gasteiger partial charge in [-0.05, 0) is 22.7 Å². The Hall–Kier alpha value is -0.610. The molecule has 0 aliphatic carbocycles. The van der Waals surface area contributed by atoms with E-state index in [0.29, 0.717) is 0 Å². The fourth-order valence-corrected chi connectivity index (χ4v) is 3.82. The monoisotopic (exact) mass is 300 g/mol. The van der Waals surface area contributed by atoms with Crippen molar-refractivity contribution in [2.75, 3.05) is 0 Å². The number of unbranched alkanes of at least 4 members (excludes halogenated alkanes) is 1. The molecule has 4 nitrogen and oxygen atoms in total. The van der Waals surface area contributed by atoms with Gasteiger partial charge < -0.3 is 5.11 Å². The number of hydrogen-bond acceptors (Lipinski definition) is 3. The van der Waals surface area contributed by atoms with E-state index >= 15 is 0 Å². The van der Waals surface area contributed by atoms with Gasteiger partial charge in [-0.1, -0.05) is 68.2 Å². The Kier molecular flexibility index (Phi) is 4.87. The average molecular weight is 300 g/mol. The SMILES string of the molecule is CCCCC(C1(C(=O)O)OO1)C(C)(C(C)(C)C)C(C)(C)C. The maximum atomic E-state index is 11.7. The molecular formula is C17H32O4. The molecule has 1 aliphatic rings. The molecule has 0 aromatic carbocycles. The van der Waals surface area contributed by atoms with Gasteiger partial charge in [0.05, 0.1) is 0 Å². The highest BCUT2D eigenvalue weighted by atomic mass is 17.4. The van der Waals surface area contributed by atoms with Gasteiger partial charge in [0, 0.05) is 5.92 Å². The summed E-state index contributed by atoms with van der Waals surface area (Å²) in [6.45, 7) is 17.4. The first kappa shape index (κ1) is 18.4. The Morgan fingerprint density at radius 3 is 1.71 bits per heavy atom. The molecule has 4 heteroatoms. The zero-order chi connectivity index (χ0) is 16.7. The van der Waals surface area contributed by atoms with Crippen LogP contribution in [0.2, 0.25) is 0 Å². The van der Waals surface area contributed by atoms with Crippen molar-refractivity contribution in [3.63, 3.8) is 0 Å². The van der Waals surface area contributed by atoms with Gasteiger partial charge in [-0.2, -0.15) is 9.78 Å². The van der Waals surface area contributed by atoms with Gasteiger partial charge in [0.15, 0.2) is 0 Å². The summed E-state index contributed by atoms with van der Waals surface area (Å²) in [7, 11) is 0. The summed E-state index contributed by atoms with van der Waals surface area (Å²) >= 11 is 0. The predicted molar refractivity (Wildman–Crippen MR) is 82.6 cm³/mol. The molecule has 1 saturated heterocycles. The number of aliphatic carboxylic acids is 1. The van der Waals surface area contributed by atoms with Crippen molar-refractivity contribution in [2.24, 2.45) is 22.2 Å². The lowest BCUT2D eigenvalue weighted by atomic mass is 9.48. The van der Waals surface area contributed by atoms with E-state index in [1.807, 2.05) is 0 Å². The molecule has 0 spiro atoms. The van der Waals surface area contributed by atoms with Crippen LogP contribution in [-0.4, -0.2) is 16.9 Å². The fourth-order valence-electron chi connectivity index (χ4n) is 3.82. The van der Waals surface area contributed by atoms with E-state index in [4.69, 9.17) is 9.78 Å². The maximum Gasteiger partial charge on any atom is 0.370 e. The quantitative estimate of drug-likeness (QED) is 0.573. The minimum atomic E-state index is -1.47. The molecule has 1 rings (SSSR count). The van der Waals surface area contributed by atoms with E-state index in [2.05, 4.69) is 55.4 Å². The van der Waals surface area contributed by atoms with Crippen molar-refractivity contribution in [1.29, 1.82) is 0 Å². The van der Waals surface area contributed by atoms with Crippen LogP contribution >= 0.6 is 0 Å². The standard InChI is InChI=1S/C17H32O4/c1-9-10-11-12(17(13(18)19)20-21-17)16(8,14(2,3)4)15(5,6)7/h12H,9-11H2,1-8H3,(H,18,19). The summed E-state index contributed by atoms with van der Waals surface area (Å²) in [5.41, 5.74) is -0.424. The fraction of sp³-hybridized carbons (Fsp3) is 0.941. The summed E-state index contributed by atoms with van der Waals surface area (Å²) in [6, 6.07) is 0. The van der Waals surface area contributed by atoms with Gasteiger partial charge in [-0.3, -0.25) is 0 Å². The smallest absolute Gasteiger partial charge is 0.370 e. The van der Waals surface area contributed by atoms with Crippen LogP contribution < -0.4 is 0 Å². The van der Waals surface area contributed by atoms with E-state index in [-0.39, 0.29) is 22.2 Å². The minimum absolute atomic E-state index is 0.0819. The Morgan fingerprint density at radius 1 is 1.05 bits per heavy atom. The van der Waals surface area contributed by atoms with Gasteiger partial charge in [0.1, 0.15) is 0 Å². The van der Waals surface area contributed by atoms with Crippen molar-refractivity contribution >= 4 is 5.97 Å². The van der Waals surface area contributed by atoms with Gasteiger partial charge in [0.25, 0.3) is 0 Å². The second-order valence-corrected chi connectivity index (χ2v) is 8.54. The number of hydrogen-bond donors (Lipinski definition) is 1. The van der Waals surface area contributed by atoms with Gasteiger partial charge >= 0.3 is 11.8 Å². The lowest BCUT2D eigenvalue weighted by Crippen LogP contribution is -2.55. The Bertz CT molecular complexity index is 369. The molecule has 0 saturated carbocycles. The molecule has 1 aliphatic heterocycles. The maximum absolute atomic E-state index is 11.7. The van der Waals surface area contributed by atoms with Crippen LogP contribution in [0.25, 0.3) is 0 Å². The Balaban J connectivity index is 3.36. The number of carboxylic acid groups (broad SMARTS) is 1. The highest BCUT2D eigenvalue weighted by Crippen LogP contribution is 2.63. The van der Waals surface area contributed by atoms with E-state index in [0.717, 1.165) is 19.3 Å². The molecule has 0 bridgehead atoms. The molecule has 0 aromatic rings. The van der Waals surface area contributed by atoms with Gasteiger partial charge in [-0.15, -0.1) is 0 Å². The number of carbonyl (C=O) groups is 1. The zero-order valence-corrected chi connectivity index (χ0v) is 14.9. The van der Waals surface area contributed by atoms with Crippen LogP contribution in [0.5, 0.6) is 0 Å². The summed E-state index contributed by atoms with van der Waals surface area (Å²) < 4.78 is 0. The Morgan fingerprint density at radius 2 is 1.48 bits per heavy atom. The first-order valence-electron chi connectivity index (χ1n) is 7.95. The first-order valence-corrected chi connectivity index (χ1v) is 7.95. The first-order chi connectivity index (χ1) is 9.34. The summed E-state index contributed by atoms with van der Waals surface area (Å²) in [5.74, 6) is -2.67. The lowest BCUT2D eigenvalue weighted by molar-refractivity contribution is -0.159. The highest BCUT2D eigenvalue weighted by molar-refractivity contribution is 5.77. The molecule has 1 N–H and O–H groups in total. The molecular weight excluding hydrogens is 268 g/mol. The molecule has 1 atom stereocenters. The van der Waals surface area contributed by atoms with Crippen LogP contribution in [0.1, 0.15) is 74.7 Å². The van der Waals surface area contributed by atoms with Crippen molar-refractivity contribution in [1.82, 2.24) is 0 Å². The predicted octanol–water partition coefficient (Wildman–Crippen LogP) is 4.63. The highest BCUT2D eigenvalue weighted by Gasteiger charge is 2.70. The lowest BCUT2D eigenvalue weighted by Gasteiger charge is -2.56. The van der Waals surface area contributed by atoms with E-state index < -0.39 is 11.8 Å². The molecule has 21 heavy (non-hydrogen) atoms. The van der Waals surface area contributed by atoms with Crippen LogP contribution in [0.4, 0.5) is 0 Å². The van der Waals surface area contributed by atoms with E-state index in [1.54, 1.807) is 0 Å². The molecule has 124 valence electrons. The number of rotatable bonds is 6. The Labute approximate surface area is 129 Å². The van der Waals surface area contributed by atoms with Crippen LogP contribution in [-0.2, 0) is 14.6 Å². The average Bonchev–Trinajstić information content (AvgIpc) is 3.07. The molecule has 0 radical (unpaired) electrons. The van der Waals surface area contributed by atoms with Gasteiger partial charge in [-0.25, -0.2) is 4.79 Å². The molecule has 1 heterocycles. The third-order valence-electron chi connectivity index (χ3n) is 5.68. The van der Waals surface area contributed by atoms with Crippen LogP contribution in [0.3, 0.4) is 0 Å². The summed E-state index contributed by atoms with van der Waals surface area (Å²) in [5, 5.41) is 9.62. The third-order valence-corrected chi connectivity index (χ3v) is 5.68. The topological polar surface area (TPSA) is 62.4 Å². The van der Waals surface area contributed by atoms with Crippen molar-refractivity contribution in [3.05, 3.63) is 0 Å². The zero-order valence-electron chi connectivity index (χ0n) is 14.9. The van der Waals surface area contributed by atoms with Crippen LogP contribution in [0, 0.1) is 22.2 Å². The second kappa shape index (κ2) is 5.54. The van der Waals surface area contributed by atoms with Gasteiger partial charge in [0.2, 0.25) is 0 Å². The normalized spacial score (nSPS) is 20.2. The second-order valence-electron chi connectivity index (χ2n) is 8.54. The molecule has 0 amide bonds. The third kappa shape index (κ3) is 2.98. The molecule has 0 aromatic heterocycles. The molecule has 1 fully saturated rings. The summed E-state index contributed by atoms with van der Waals surface area (Å²) in [6.07, 6.45) is 2.78. The van der Waals surface area contributed by atoms with E-state index in [9.17, 15) is 9.90 Å². The number of carboxylic acids is 1. The van der Waals surface area contributed by atoms with Crippen LogP contribution in [0.15, 0.2) is 0 Å². The van der Waals surface area contributed by atoms with Crippen molar-refractivity contribution in [2.45, 2.75) is 80.4 Å². The van der Waals surface area contributed by atoms with Crippen molar-refractivity contribution in [3.8, 4) is 0 Å². The van der Waals surface area contributed by atoms with Crippen molar-refractivity contribution < 1.29 is 19.7 Å². The minimum Gasteiger partial charge on any atom is -0.477 e. The molecule has 1 unspecified atom stereocenters.